The van der Waals surface area contributed by atoms with Crippen LogP contribution in [0.15, 0.2) is 30.3 Å². The molecule has 0 radical (unpaired) electrons. The van der Waals surface area contributed by atoms with E-state index in [1.54, 1.807) is 12.1 Å². The number of benzene rings is 1. The summed E-state index contributed by atoms with van der Waals surface area (Å²) in [5, 5.41) is 2.76. The molecule has 0 spiro atoms. The van der Waals surface area contributed by atoms with Crippen LogP contribution >= 0.6 is 0 Å². The van der Waals surface area contributed by atoms with Gasteiger partial charge in [-0.1, -0.05) is 31.0 Å². The monoisotopic (exact) mass is 300 g/mol. The van der Waals surface area contributed by atoms with Crippen LogP contribution in [0.5, 0.6) is 0 Å². The maximum absolute atomic E-state index is 12.5. The van der Waals surface area contributed by atoms with Gasteiger partial charge in [0.25, 0.3) is 5.91 Å². The Balaban J connectivity index is 1.56. The van der Waals surface area contributed by atoms with E-state index in [1.165, 1.54) is 25.7 Å². The van der Waals surface area contributed by atoms with Crippen molar-refractivity contribution in [3.63, 3.8) is 0 Å². The molecule has 1 heterocycles. The highest BCUT2D eigenvalue weighted by molar-refractivity contribution is 5.96. The fraction of sp³-hybridized carbons (Fsp3) is 0.556. The quantitative estimate of drug-likeness (QED) is 0.933. The van der Waals surface area contributed by atoms with Crippen LogP contribution in [0.25, 0.3) is 0 Å². The third-order valence-corrected chi connectivity index (χ3v) is 5.00. The van der Waals surface area contributed by atoms with E-state index in [0.29, 0.717) is 17.5 Å². The number of carbonyl (C=O) groups is 2. The van der Waals surface area contributed by atoms with E-state index in [1.807, 2.05) is 23.1 Å². The van der Waals surface area contributed by atoms with Gasteiger partial charge in [-0.15, -0.1) is 0 Å². The Hall–Kier alpha value is -1.84. The average Bonchev–Trinajstić information content (AvgIpc) is 2.59. The fourth-order valence-corrected chi connectivity index (χ4v) is 3.88. The molecule has 118 valence electrons. The summed E-state index contributed by atoms with van der Waals surface area (Å²) in [6, 6.07) is 9.46. The second-order valence-corrected chi connectivity index (χ2v) is 6.39. The summed E-state index contributed by atoms with van der Waals surface area (Å²) >= 11 is 0. The van der Waals surface area contributed by atoms with Crippen LogP contribution < -0.4 is 5.32 Å². The molecule has 4 nitrogen and oxygen atoms in total. The van der Waals surface area contributed by atoms with Gasteiger partial charge in [0, 0.05) is 18.2 Å². The third-order valence-electron chi connectivity index (χ3n) is 5.00. The molecule has 3 rings (SSSR count). The van der Waals surface area contributed by atoms with Gasteiger partial charge in [-0.05, 0) is 43.7 Å². The molecule has 0 aromatic heterocycles. The summed E-state index contributed by atoms with van der Waals surface area (Å²) in [6.07, 6.45) is 7.26. The van der Waals surface area contributed by atoms with Gasteiger partial charge in [0.05, 0.1) is 6.54 Å². The summed E-state index contributed by atoms with van der Waals surface area (Å²) in [7, 11) is 0. The lowest BCUT2D eigenvalue weighted by Gasteiger charge is -2.44. The topological polar surface area (TPSA) is 49.4 Å². The molecule has 2 atom stereocenters. The summed E-state index contributed by atoms with van der Waals surface area (Å²) in [5.41, 5.74) is 0.601. The van der Waals surface area contributed by atoms with Crippen molar-refractivity contribution in [3.05, 3.63) is 35.9 Å². The van der Waals surface area contributed by atoms with Gasteiger partial charge in [0.15, 0.2) is 0 Å². The van der Waals surface area contributed by atoms with Crippen LogP contribution in [0.2, 0.25) is 0 Å². The number of fused-ring (bicyclic) bond motifs is 1. The van der Waals surface area contributed by atoms with E-state index < -0.39 is 0 Å². The van der Waals surface area contributed by atoms with Crippen molar-refractivity contribution in [1.82, 2.24) is 10.2 Å². The van der Waals surface area contributed by atoms with Crippen molar-refractivity contribution < 1.29 is 9.59 Å². The average molecular weight is 300 g/mol. The van der Waals surface area contributed by atoms with Gasteiger partial charge < -0.3 is 10.2 Å². The number of hydrogen-bond acceptors (Lipinski definition) is 2. The van der Waals surface area contributed by atoms with E-state index in [9.17, 15) is 9.59 Å². The highest BCUT2D eigenvalue weighted by atomic mass is 16.2. The van der Waals surface area contributed by atoms with Crippen LogP contribution in [0.4, 0.5) is 0 Å². The predicted molar refractivity (Wildman–Crippen MR) is 85.5 cm³/mol. The first kappa shape index (κ1) is 15.1. The number of hydrogen-bond donors (Lipinski definition) is 1. The molecule has 22 heavy (non-hydrogen) atoms. The van der Waals surface area contributed by atoms with E-state index in [2.05, 4.69) is 5.32 Å². The van der Waals surface area contributed by atoms with Crippen molar-refractivity contribution in [2.24, 2.45) is 5.92 Å². The molecule has 4 heteroatoms. The smallest absolute Gasteiger partial charge is 0.251 e. The van der Waals surface area contributed by atoms with Crippen LogP contribution in [0.1, 0.15) is 48.9 Å². The minimum atomic E-state index is -0.175. The summed E-state index contributed by atoms with van der Waals surface area (Å²) in [4.78, 5) is 26.6. The molecule has 1 aliphatic heterocycles. The second kappa shape index (κ2) is 6.95. The molecule has 1 aromatic rings. The SMILES string of the molecule is O=C(NCC(=O)N1CCC[C@@H]2CCCC[C@H]21)c1ccccc1. The number of likely N-dealkylation sites (tertiary alicyclic amines) is 1. The van der Waals surface area contributed by atoms with Gasteiger partial charge >= 0.3 is 0 Å². The van der Waals surface area contributed by atoms with E-state index in [0.717, 1.165) is 19.4 Å². The zero-order chi connectivity index (χ0) is 15.4. The molecule has 1 saturated heterocycles. The van der Waals surface area contributed by atoms with Gasteiger partial charge in [-0.2, -0.15) is 0 Å². The number of nitrogens with one attached hydrogen (secondary N) is 1. The third kappa shape index (κ3) is 3.32. The van der Waals surface area contributed by atoms with Crippen LogP contribution in [0, 0.1) is 5.92 Å². The minimum absolute atomic E-state index is 0.0703. The van der Waals surface area contributed by atoms with Crippen molar-refractivity contribution >= 4 is 11.8 Å². The molecule has 2 fully saturated rings. The largest absolute Gasteiger partial charge is 0.343 e. The Labute approximate surface area is 131 Å². The van der Waals surface area contributed by atoms with E-state index in [-0.39, 0.29) is 18.4 Å². The summed E-state index contributed by atoms with van der Waals surface area (Å²) in [5.74, 6) is 0.573. The highest BCUT2D eigenvalue weighted by Gasteiger charge is 2.35. The fourth-order valence-electron chi connectivity index (χ4n) is 3.88. The Bertz CT molecular complexity index is 527. The van der Waals surface area contributed by atoms with Crippen LogP contribution in [-0.4, -0.2) is 35.8 Å². The lowest BCUT2D eigenvalue weighted by atomic mass is 9.78. The zero-order valence-corrected chi connectivity index (χ0v) is 13.0. The number of rotatable bonds is 3. The molecule has 0 unspecified atom stereocenters. The zero-order valence-electron chi connectivity index (χ0n) is 13.0. The van der Waals surface area contributed by atoms with Gasteiger partial charge in [-0.25, -0.2) is 0 Å². The molecule has 1 aliphatic carbocycles. The first-order valence-corrected chi connectivity index (χ1v) is 8.38. The number of amides is 2. The first-order valence-electron chi connectivity index (χ1n) is 8.38. The number of nitrogens with zero attached hydrogens (tertiary/aromatic N) is 1. The maximum Gasteiger partial charge on any atom is 0.251 e. The van der Waals surface area contributed by atoms with Crippen molar-refractivity contribution in [2.45, 2.75) is 44.6 Å². The van der Waals surface area contributed by atoms with Gasteiger partial charge in [0.1, 0.15) is 0 Å². The lowest BCUT2D eigenvalue weighted by molar-refractivity contribution is -0.136. The van der Waals surface area contributed by atoms with E-state index >= 15 is 0 Å². The molecule has 1 N–H and O–H groups in total. The Morgan fingerprint density at radius 1 is 1.05 bits per heavy atom. The predicted octanol–water partition coefficient (Wildman–Crippen LogP) is 2.60. The lowest BCUT2D eigenvalue weighted by Crippen LogP contribution is -2.52. The van der Waals surface area contributed by atoms with Gasteiger partial charge in [0.2, 0.25) is 5.91 Å². The Morgan fingerprint density at radius 3 is 2.59 bits per heavy atom. The summed E-state index contributed by atoms with van der Waals surface area (Å²) in [6.45, 7) is 0.957. The van der Waals surface area contributed by atoms with Crippen molar-refractivity contribution in [3.8, 4) is 0 Å². The Kier molecular flexibility index (Phi) is 4.76. The molecular formula is C18H24N2O2. The van der Waals surface area contributed by atoms with Crippen LogP contribution in [-0.2, 0) is 4.79 Å². The molecular weight excluding hydrogens is 276 g/mol. The molecule has 0 bridgehead atoms. The van der Waals surface area contributed by atoms with Gasteiger partial charge in [-0.3, -0.25) is 9.59 Å². The molecule has 2 aliphatic rings. The van der Waals surface area contributed by atoms with Crippen molar-refractivity contribution in [1.29, 1.82) is 0 Å². The Morgan fingerprint density at radius 2 is 1.77 bits per heavy atom. The second-order valence-electron chi connectivity index (χ2n) is 6.39. The molecule has 2 amide bonds. The minimum Gasteiger partial charge on any atom is -0.343 e. The van der Waals surface area contributed by atoms with Crippen molar-refractivity contribution in [2.75, 3.05) is 13.1 Å². The summed E-state index contributed by atoms with van der Waals surface area (Å²) < 4.78 is 0. The standard InChI is InChI=1S/C18H24N2O2/c21-17(13-19-18(22)15-8-2-1-3-9-15)20-12-6-10-14-7-4-5-11-16(14)20/h1-3,8-9,14,16H,4-7,10-13H2,(H,19,22)/t14-,16+/m0/s1. The van der Waals surface area contributed by atoms with Crippen LogP contribution in [0.3, 0.4) is 0 Å². The maximum atomic E-state index is 12.5. The van der Waals surface area contributed by atoms with E-state index in [4.69, 9.17) is 0 Å². The number of piperidine rings is 1. The molecule has 1 aromatic carbocycles. The highest BCUT2D eigenvalue weighted by Crippen LogP contribution is 2.35. The normalized spacial score (nSPS) is 24.5. The molecule has 1 saturated carbocycles. The number of carbonyl (C=O) groups excluding carboxylic acids is 2. The first-order chi connectivity index (χ1) is 10.8.